The summed E-state index contributed by atoms with van der Waals surface area (Å²) in [5, 5.41) is 9.83. The number of fused-ring (bicyclic) bond motifs is 1. The number of benzene rings is 1. The van der Waals surface area contributed by atoms with Gasteiger partial charge in [-0.05, 0) is 19.1 Å². The predicted molar refractivity (Wildman–Crippen MR) is 56.3 cm³/mol. The topological polar surface area (TPSA) is 40.5 Å². The van der Waals surface area contributed by atoms with Crippen LogP contribution in [0.3, 0.4) is 0 Å². The number of anilines is 1. The molecule has 1 amide bonds. The van der Waals surface area contributed by atoms with Crippen molar-refractivity contribution < 1.29 is 9.90 Å². The highest BCUT2D eigenvalue weighted by atomic mass is 32.2. The summed E-state index contributed by atoms with van der Waals surface area (Å²) in [5.74, 6) is -0.277. The van der Waals surface area contributed by atoms with E-state index in [0.29, 0.717) is 0 Å². The van der Waals surface area contributed by atoms with Crippen LogP contribution >= 0.6 is 11.8 Å². The first-order valence-corrected chi connectivity index (χ1v) is 5.12. The number of para-hydroxylation sites is 1. The number of nitrogens with zero attached hydrogens (tertiary/aromatic N) is 1. The quantitative estimate of drug-likeness (QED) is 0.703. The zero-order valence-corrected chi connectivity index (χ0v) is 8.84. The second kappa shape index (κ2) is 3.00. The number of carbonyl (C=O) groups excluding carboxylic acids is 1. The third-order valence-corrected chi connectivity index (χ3v) is 3.37. The van der Waals surface area contributed by atoms with Crippen molar-refractivity contribution in [2.45, 2.75) is 16.8 Å². The molecule has 1 unspecified atom stereocenters. The van der Waals surface area contributed by atoms with Crippen LogP contribution in [-0.2, 0) is 4.79 Å². The number of thioether (sulfide) groups is 1. The first kappa shape index (κ1) is 9.55. The lowest BCUT2D eigenvalue weighted by Gasteiger charge is -2.34. The molecule has 74 valence electrons. The number of aliphatic hydroxyl groups is 1. The van der Waals surface area contributed by atoms with Crippen LogP contribution in [0.4, 0.5) is 5.69 Å². The first-order valence-electron chi connectivity index (χ1n) is 4.31. The SMILES string of the molecule is CN1C(=O)C(C)(O)Sc2ccccc21. The van der Waals surface area contributed by atoms with Crippen molar-refractivity contribution >= 4 is 23.4 Å². The van der Waals surface area contributed by atoms with Crippen molar-refractivity contribution in [1.82, 2.24) is 0 Å². The molecule has 4 heteroatoms. The molecule has 0 aromatic heterocycles. The second-order valence-electron chi connectivity index (χ2n) is 3.42. The van der Waals surface area contributed by atoms with Gasteiger partial charge in [-0.3, -0.25) is 4.79 Å². The number of likely N-dealkylation sites (N-methyl/N-ethyl adjacent to an activating group) is 1. The molecule has 0 saturated carbocycles. The van der Waals surface area contributed by atoms with E-state index < -0.39 is 4.93 Å². The summed E-state index contributed by atoms with van der Waals surface area (Å²) in [6, 6.07) is 7.54. The van der Waals surface area contributed by atoms with Gasteiger partial charge < -0.3 is 10.0 Å². The maximum absolute atomic E-state index is 11.7. The smallest absolute Gasteiger partial charge is 0.269 e. The van der Waals surface area contributed by atoms with Gasteiger partial charge in [0.2, 0.25) is 0 Å². The van der Waals surface area contributed by atoms with E-state index in [4.69, 9.17) is 0 Å². The summed E-state index contributed by atoms with van der Waals surface area (Å²) in [5.41, 5.74) is 0.856. The second-order valence-corrected chi connectivity index (χ2v) is 4.86. The maximum atomic E-state index is 11.7. The maximum Gasteiger partial charge on any atom is 0.269 e. The summed E-state index contributed by atoms with van der Waals surface area (Å²) in [6.45, 7) is 1.52. The monoisotopic (exact) mass is 209 g/mol. The van der Waals surface area contributed by atoms with Gasteiger partial charge in [-0.1, -0.05) is 23.9 Å². The minimum atomic E-state index is -1.34. The Hall–Kier alpha value is -1.00. The lowest BCUT2D eigenvalue weighted by molar-refractivity contribution is -0.127. The molecule has 1 aromatic rings. The van der Waals surface area contributed by atoms with Crippen molar-refractivity contribution in [3.8, 4) is 0 Å². The van der Waals surface area contributed by atoms with E-state index in [9.17, 15) is 9.90 Å². The minimum Gasteiger partial charge on any atom is -0.371 e. The van der Waals surface area contributed by atoms with E-state index in [1.807, 2.05) is 24.3 Å². The molecule has 0 fully saturated rings. The number of rotatable bonds is 0. The highest BCUT2D eigenvalue weighted by molar-refractivity contribution is 8.01. The Balaban J connectivity index is 2.53. The Morgan fingerprint density at radius 2 is 2.07 bits per heavy atom. The van der Waals surface area contributed by atoms with Crippen LogP contribution in [0.25, 0.3) is 0 Å². The molecule has 14 heavy (non-hydrogen) atoms. The molecule has 1 aromatic carbocycles. The molecule has 0 spiro atoms. The van der Waals surface area contributed by atoms with Gasteiger partial charge in [0.05, 0.1) is 5.69 Å². The van der Waals surface area contributed by atoms with Crippen molar-refractivity contribution in [2.24, 2.45) is 0 Å². The molecule has 0 radical (unpaired) electrons. The zero-order valence-electron chi connectivity index (χ0n) is 8.02. The van der Waals surface area contributed by atoms with Crippen LogP contribution in [0, 0.1) is 0 Å². The Bertz CT molecular complexity index is 389. The van der Waals surface area contributed by atoms with Crippen molar-refractivity contribution in [1.29, 1.82) is 0 Å². The number of hydrogen-bond acceptors (Lipinski definition) is 3. The van der Waals surface area contributed by atoms with Crippen LogP contribution < -0.4 is 4.90 Å². The van der Waals surface area contributed by atoms with Crippen LogP contribution in [0.1, 0.15) is 6.92 Å². The van der Waals surface area contributed by atoms with Crippen LogP contribution in [-0.4, -0.2) is 23.0 Å². The van der Waals surface area contributed by atoms with Crippen molar-refractivity contribution in [3.63, 3.8) is 0 Å². The molecule has 1 aliphatic heterocycles. The van der Waals surface area contributed by atoms with Gasteiger partial charge in [0.25, 0.3) is 5.91 Å². The molecule has 2 rings (SSSR count). The Morgan fingerprint density at radius 1 is 1.43 bits per heavy atom. The minimum absolute atomic E-state index is 0.277. The molecular weight excluding hydrogens is 198 g/mol. The Kier molecular flexibility index (Phi) is 2.05. The van der Waals surface area contributed by atoms with E-state index >= 15 is 0 Å². The van der Waals surface area contributed by atoms with E-state index in [2.05, 4.69) is 0 Å². The van der Waals surface area contributed by atoms with Gasteiger partial charge in [-0.2, -0.15) is 0 Å². The average molecular weight is 209 g/mol. The highest BCUT2D eigenvalue weighted by Crippen LogP contribution is 2.42. The molecule has 0 bridgehead atoms. The van der Waals surface area contributed by atoms with E-state index in [1.54, 1.807) is 7.05 Å². The molecule has 1 atom stereocenters. The van der Waals surface area contributed by atoms with Crippen LogP contribution in [0.15, 0.2) is 29.2 Å². The normalized spacial score (nSPS) is 26.2. The molecule has 1 N–H and O–H groups in total. The van der Waals surface area contributed by atoms with E-state index in [1.165, 1.54) is 23.6 Å². The fraction of sp³-hybridized carbons (Fsp3) is 0.300. The molecule has 3 nitrogen and oxygen atoms in total. The molecular formula is C10H11NO2S. The van der Waals surface area contributed by atoms with Crippen molar-refractivity contribution in [3.05, 3.63) is 24.3 Å². The summed E-state index contributed by atoms with van der Waals surface area (Å²) in [7, 11) is 1.68. The molecule has 1 aliphatic rings. The first-order chi connectivity index (χ1) is 6.52. The third kappa shape index (κ3) is 1.31. The number of carbonyl (C=O) groups is 1. The van der Waals surface area contributed by atoms with Gasteiger partial charge in [0, 0.05) is 11.9 Å². The predicted octanol–water partition coefficient (Wildman–Crippen LogP) is 1.46. The summed E-state index contributed by atoms with van der Waals surface area (Å²) >= 11 is 1.19. The lowest BCUT2D eigenvalue weighted by Crippen LogP contribution is -2.46. The van der Waals surface area contributed by atoms with Crippen LogP contribution in [0.2, 0.25) is 0 Å². The fourth-order valence-electron chi connectivity index (χ4n) is 1.50. The Morgan fingerprint density at radius 3 is 2.79 bits per heavy atom. The van der Waals surface area contributed by atoms with Gasteiger partial charge in [0.15, 0.2) is 4.93 Å². The largest absolute Gasteiger partial charge is 0.371 e. The van der Waals surface area contributed by atoms with E-state index in [0.717, 1.165) is 10.6 Å². The van der Waals surface area contributed by atoms with Gasteiger partial charge in [-0.25, -0.2) is 0 Å². The average Bonchev–Trinajstić information content (AvgIpc) is 2.14. The zero-order chi connectivity index (χ0) is 10.3. The molecule has 1 heterocycles. The standard InChI is InChI=1S/C10H11NO2S/c1-10(13)9(12)11(2)7-5-3-4-6-8(7)14-10/h3-6,13H,1-2H3. The summed E-state index contributed by atoms with van der Waals surface area (Å²) in [6.07, 6.45) is 0. The van der Waals surface area contributed by atoms with Gasteiger partial charge >= 0.3 is 0 Å². The Labute approximate surface area is 86.7 Å². The fourth-order valence-corrected chi connectivity index (χ4v) is 2.61. The lowest BCUT2D eigenvalue weighted by atomic mass is 10.2. The number of hydrogen-bond donors (Lipinski definition) is 1. The molecule has 0 saturated heterocycles. The number of amides is 1. The van der Waals surface area contributed by atoms with Gasteiger partial charge in [-0.15, -0.1) is 0 Å². The van der Waals surface area contributed by atoms with Crippen LogP contribution in [0.5, 0.6) is 0 Å². The summed E-state index contributed by atoms with van der Waals surface area (Å²) < 4.78 is 0. The molecule has 0 aliphatic carbocycles. The summed E-state index contributed by atoms with van der Waals surface area (Å²) in [4.78, 5) is 12.7. The van der Waals surface area contributed by atoms with E-state index in [-0.39, 0.29) is 5.91 Å². The third-order valence-electron chi connectivity index (χ3n) is 2.24. The van der Waals surface area contributed by atoms with Gasteiger partial charge in [0.1, 0.15) is 0 Å². The van der Waals surface area contributed by atoms with Crippen molar-refractivity contribution in [2.75, 3.05) is 11.9 Å². The highest BCUT2D eigenvalue weighted by Gasteiger charge is 2.40.